The Morgan fingerprint density at radius 1 is 1.16 bits per heavy atom. The van der Waals surface area contributed by atoms with Gasteiger partial charge in [0.1, 0.15) is 0 Å². The first-order valence-corrected chi connectivity index (χ1v) is 9.31. The third-order valence-corrected chi connectivity index (χ3v) is 7.59. The van der Waals surface area contributed by atoms with Crippen molar-refractivity contribution in [1.82, 2.24) is 5.32 Å². The molecule has 5 nitrogen and oxygen atoms in total. The molecule has 0 aromatic heterocycles. The van der Waals surface area contributed by atoms with Gasteiger partial charge in [0.05, 0.1) is 21.7 Å². The zero-order chi connectivity index (χ0) is 14.3. The average molecular weight is 303 g/mol. The summed E-state index contributed by atoms with van der Waals surface area (Å²) in [5, 5.41) is 1.89. The van der Waals surface area contributed by atoms with E-state index in [-0.39, 0.29) is 16.4 Å². The Balaban J connectivity index is 2.42. The van der Waals surface area contributed by atoms with Gasteiger partial charge in [0, 0.05) is 6.04 Å². The second kappa shape index (κ2) is 4.88. The molecule has 1 aliphatic heterocycles. The third-order valence-electron chi connectivity index (χ3n) is 3.42. The van der Waals surface area contributed by atoms with Crippen molar-refractivity contribution < 1.29 is 16.8 Å². The Kier molecular flexibility index (Phi) is 3.72. The minimum absolute atomic E-state index is 0.126. The summed E-state index contributed by atoms with van der Waals surface area (Å²) in [7, 11) is -5.34. The van der Waals surface area contributed by atoms with Crippen molar-refractivity contribution in [2.45, 2.75) is 23.1 Å². The molecule has 1 aromatic rings. The molecule has 19 heavy (non-hydrogen) atoms. The molecule has 1 aromatic carbocycles. The van der Waals surface area contributed by atoms with E-state index >= 15 is 0 Å². The molecule has 1 heterocycles. The van der Waals surface area contributed by atoms with E-state index in [4.69, 9.17) is 0 Å². The second-order valence-electron chi connectivity index (χ2n) is 4.87. The molecule has 0 aliphatic carbocycles. The van der Waals surface area contributed by atoms with Gasteiger partial charge in [-0.3, -0.25) is 0 Å². The molecule has 1 fully saturated rings. The van der Waals surface area contributed by atoms with Crippen LogP contribution in [0.3, 0.4) is 0 Å². The van der Waals surface area contributed by atoms with Crippen molar-refractivity contribution in [3.05, 3.63) is 29.8 Å². The van der Waals surface area contributed by atoms with Gasteiger partial charge in [-0.15, -0.1) is 0 Å². The quantitative estimate of drug-likeness (QED) is 0.860. The summed E-state index contributed by atoms with van der Waals surface area (Å²) in [4.78, 5) is 0.181. The van der Waals surface area contributed by atoms with Crippen molar-refractivity contribution in [3.8, 4) is 0 Å². The zero-order valence-electron chi connectivity index (χ0n) is 10.8. The SMILES string of the molecule is CN[C@@H]1CS(=O)(=O)C[C@H]1S(=O)(=O)c1ccc(C)cc1. The molecular weight excluding hydrogens is 286 g/mol. The molecule has 7 heteroatoms. The van der Waals surface area contributed by atoms with Gasteiger partial charge >= 0.3 is 0 Å². The molecule has 0 radical (unpaired) electrons. The summed E-state index contributed by atoms with van der Waals surface area (Å²) in [6, 6.07) is 5.94. The fourth-order valence-corrected chi connectivity index (χ4v) is 7.10. The van der Waals surface area contributed by atoms with E-state index in [1.807, 2.05) is 6.92 Å². The summed E-state index contributed by atoms with van der Waals surface area (Å²) in [6.45, 7) is 1.87. The van der Waals surface area contributed by atoms with Gasteiger partial charge in [0.25, 0.3) is 0 Å². The lowest BCUT2D eigenvalue weighted by molar-refractivity contribution is 0.553. The van der Waals surface area contributed by atoms with Crippen molar-refractivity contribution in [1.29, 1.82) is 0 Å². The van der Waals surface area contributed by atoms with Crippen LogP contribution in [0.5, 0.6) is 0 Å². The summed E-state index contributed by atoms with van der Waals surface area (Å²) in [6.07, 6.45) is 0. The highest BCUT2D eigenvalue weighted by atomic mass is 32.2. The maximum absolute atomic E-state index is 12.5. The van der Waals surface area contributed by atoms with Crippen molar-refractivity contribution >= 4 is 19.7 Å². The maximum Gasteiger partial charge on any atom is 0.183 e. The Labute approximate surface area is 113 Å². The number of rotatable bonds is 3. The molecule has 0 amide bonds. The molecule has 106 valence electrons. The summed E-state index contributed by atoms with van der Waals surface area (Å²) in [5.41, 5.74) is 0.961. The smallest absolute Gasteiger partial charge is 0.183 e. The fourth-order valence-electron chi connectivity index (χ4n) is 2.29. The number of aryl methyl sites for hydroxylation is 1. The molecule has 1 N–H and O–H groups in total. The Bertz CT molecular complexity index is 662. The molecule has 0 saturated carbocycles. The van der Waals surface area contributed by atoms with Gasteiger partial charge in [-0.25, -0.2) is 16.8 Å². The van der Waals surface area contributed by atoms with E-state index in [2.05, 4.69) is 5.32 Å². The largest absolute Gasteiger partial charge is 0.315 e. The monoisotopic (exact) mass is 303 g/mol. The van der Waals surface area contributed by atoms with E-state index < -0.39 is 31.0 Å². The van der Waals surface area contributed by atoms with Crippen molar-refractivity contribution in [3.63, 3.8) is 0 Å². The van der Waals surface area contributed by atoms with Crippen LogP contribution in [0.15, 0.2) is 29.2 Å². The Morgan fingerprint density at radius 3 is 2.26 bits per heavy atom. The molecule has 1 saturated heterocycles. The molecular formula is C12H17NO4S2. The average Bonchev–Trinajstić information content (AvgIpc) is 2.66. The van der Waals surface area contributed by atoms with Crippen LogP contribution in [0.4, 0.5) is 0 Å². The normalized spacial score (nSPS) is 26.4. The van der Waals surface area contributed by atoms with Gasteiger partial charge in [-0.2, -0.15) is 0 Å². The molecule has 2 rings (SSSR count). The lowest BCUT2D eigenvalue weighted by Gasteiger charge is -2.17. The topological polar surface area (TPSA) is 80.3 Å². The van der Waals surface area contributed by atoms with Crippen molar-refractivity contribution in [2.24, 2.45) is 0 Å². The van der Waals surface area contributed by atoms with Crippen LogP contribution in [0.2, 0.25) is 0 Å². The zero-order valence-corrected chi connectivity index (χ0v) is 12.5. The van der Waals surface area contributed by atoms with Gasteiger partial charge in [-0.1, -0.05) is 17.7 Å². The van der Waals surface area contributed by atoms with Crippen LogP contribution in [0.25, 0.3) is 0 Å². The van der Waals surface area contributed by atoms with Crippen LogP contribution < -0.4 is 5.32 Å². The first-order valence-electron chi connectivity index (χ1n) is 5.94. The highest BCUT2D eigenvalue weighted by Crippen LogP contribution is 2.25. The Morgan fingerprint density at radius 2 is 1.74 bits per heavy atom. The highest BCUT2D eigenvalue weighted by molar-refractivity contribution is 7.96. The highest BCUT2D eigenvalue weighted by Gasteiger charge is 2.45. The molecule has 0 unspecified atom stereocenters. The molecule has 2 atom stereocenters. The molecule has 0 spiro atoms. The van der Waals surface area contributed by atoms with E-state index in [1.165, 1.54) is 12.1 Å². The molecule has 1 aliphatic rings. The predicted molar refractivity (Wildman–Crippen MR) is 73.7 cm³/mol. The van der Waals surface area contributed by atoms with E-state index in [0.717, 1.165) is 5.56 Å². The van der Waals surface area contributed by atoms with Crippen molar-refractivity contribution in [2.75, 3.05) is 18.6 Å². The Hall–Kier alpha value is -0.920. The fraction of sp³-hybridized carbons (Fsp3) is 0.500. The van der Waals surface area contributed by atoms with Crippen LogP contribution in [0.1, 0.15) is 5.56 Å². The summed E-state index contributed by atoms with van der Waals surface area (Å²) < 4.78 is 48.3. The predicted octanol–water partition coefficient (Wildman–Crippen LogP) is 0.154. The lowest BCUT2D eigenvalue weighted by Crippen LogP contribution is -2.41. The van der Waals surface area contributed by atoms with E-state index in [1.54, 1.807) is 19.2 Å². The van der Waals surface area contributed by atoms with E-state index in [0.29, 0.717) is 0 Å². The number of nitrogens with one attached hydrogen (secondary N) is 1. The lowest BCUT2D eigenvalue weighted by atomic mass is 10.2. The van der Waals surface area contributed by atoms with Crippen LogP contribution in [-0.2, 0) is 19.7 Å². The van der Waals surface area contributed by atoms with Gasteiger partial charge in [-0.05, 0) is 26.1 Å². The van der Waals surface area contributed by atoms with Gasteiger partial charge in [0.2, 0.25) is 0 Å². The maximum atomic E-state index is 12.5. The number of hydrogen-bond acceptors (Lipinski definition) is 5. The van der Waals surface area contributed by atoms with Gasteiger partial charge < -0.3 is 5.32 Å². The van der Waals surface area contributed by atoms with Crippen LogP contribution in [-0.4, -0.2) is 46.7 Å². The second-order valence-corrected chi connectivity index (χ2v) is 9.19. The number of benzene rings is 1. The first-order chi connectivity index (χ1) is 8.76. The molecule has 0 bridgehead atoms. The standard InChI is InChI=1S/C12H17NO4S2/c1-9-3-5-10(6-4-9)19(16,17)12-8-18(14,15)7-11(12)13-2/h3-6,11-13H,7-8H2,1-2H3/t11-,12-/m1/s1. The minimum Gasteiger partial charge on any atom is -0.315 e. The number of hydrogen-bond donors (Lipinski definition) is 1. The van der Waals surface area contributed by atoms with Crippen LogP contribution >= 0.6 is 0 Å². The summed E-state index contributed by atoms with van der Waals surface area (Å²) in [5.74, 6) is -0.437. The van der Waals surface area contributed by atoms with Gasteiger partial charge in [0.15, 0.2) is 19.7 Å². The number of sulfone groups is 2. The van der Waals surface area contributed by atoms with E-state index in [9.17, 15) is 16.8 Å². The summed E-state index contributed by atoms with van der Waals surface area (Å²) >= 11 is 0. The minimum atomic E-state index is -3.63. The first kappa shape index (κ1) is 14.5. The third kappa shape index (κ3) is 2.82. The van der Waals surface area contributed by atoms with Crippen LogP contribution in [0, 0.1) is 6.92 Å².